The van der Waals surface area contributed by atoms with Crippen LogP contribution in [0.4, 0.5) is 5.69 Å². The van der Waals surface area contributed by atoms with Crippen molar-refractivity contribution < 1.29 is 9.66 Å². The van der Waals surface area contributed by atoms with Gasteiger partial charge in [-0.05, 0) is 18.9 Å². The highest BCUT2D eigenvalue weighted by Crippen LogP contribution is 2.33. The van der Waals surface area contributed by atoms with Crippen LogP contribution in [0.5, 0.6) is 5.75 Å². The Hall–Kier alpha value is -1.14. The molecular formula is C11H13BrN2O3. The van der Waals surface area contributed by atoms with Crippen LogP contribution in [0.1, 0.15) is 18.4 Å². The second-order valence-electron chi connectivity index (χ2n) is 4.02. The Morgan fingerprint density at radius 1 is 1.59 bits per heavy atom. The van der Waals surface area contributed by atoms with E-state index < -0.39 is 0 Å². The van der Waals surface area contributed by atoms with Gasteiger partial charge >= 0.3 is 0 Å². The molecule has 1 saturated carbocycles. The van der Waals surface area contributed by atoms with Crippen molar-refractivity contribution in [3.05, 3.63) is 32.3 Å². The molecule has 1 aromatic rings. The lowest BCUT2D eigenvalue weighted by atomic mass is 10.1. The zero-order valence-electron chi connectivity index (χ0n) is 9.40. The van der Waals surface area contributed by atoms with Gasteiger partial charge in [0, 0.05) is 23.1 Å². The minimum atomic E-state index is -0.378. The van der Waals surface area contributed by atoms with Crippen molar-refractivity contribution in [2.45, 2.75) is 25.4 Å². The number of hydrogen-bond donors (Lipinski definition) is 1. The third-order valence-corrected chi connectivity index (χ3v) is 3.17. The second kappa shape index (κ2) is 5.01. The molecule has 0 spiro atoms. The molecule has 1 N–H and O–H groups in total. The number of nitro benzene ring substituents is 1. The van der Waals surface area contributed by atoms with Crippen LogP contribution in [-0.4, -0.2) is 18.1 Å². The molecule has 0 aromatic heterocycles. The number of nitrogens with zero attached hydrogens (tertiary/aromatic N) is 1. The summed E-state index contributed by atoms with van der Waals surface area (Å²) in [6, 6.07) is 3.76. The van der Waals surface area contributed by atoms with E-state index in [2.05, 4.69) is 21.2 Å². The maximum absolute atomic E-state index is 11.0. The molecule has 1 aromatic carbocycles. The summed E-state index contributed by atoms with van der Waals surface area (Å²) in [5.74, 6) is 0.541. The summed E-state index contributed by atoms with van der Waals surface area (Å²) >= 11 is 3.24. The molecule has 0 radical (unpaired) electrons. The van der Waals surface area contributed by atoms with Crippen molar-refractivity contribution in [2.24, 2.45) is 0 Å². The normalized spacial score (nSPS) is 14.7. The van der Waals surface area contributed by atoms with E-state index in [-0.39, 0.29) is 10.6 Å². The van der Waals surface area contributed by atoms with Crippen molar-refractivity contribution in [3.8, 4) is 5.75 Å². The van der Waals surface area contributed by atoms with Gasteiger partial charge in [0.15, 0.2) is 0 Å². The van der Waals surface area contributed by atoms with Crippen LogP contribution in [-0.2, 0) is 6.54 Å². The number of rotatable bonds is 5. The van der Waals surface area contributed by atoms with Crippen molar-refractivity contribution in [2.75, 3.05) is 7.11 Å². The highest BCUT2D eigenvalue weighted by atomic mass is 79.9. The van der Waals surface area contributed by atoms with E-state index in [0.29, 0.717) is 28.4 Å². The fourth-order valence-corrected chi connectivity index (χ4v) is 2.08. The average Bonchev–Trinajstić information content (AvgIpc) is 3.09. The number of methoxy groups -OCH3 is 1. The summed E-state index contributed by atoms with van der Waals surface area (Å²) < 4.78 is 5.84. The Morgan fingerprint density at radius 2 is 2.29 bits per heavy atom. The van der Waals surface area contributed by atoms with E-state index in [4.69, 9.17) is 4.74 Å². The van der Waals surface area contributed by atoms with E-state index in [9.17, 15) is 10.1 Å². The van der Waals surface area contributed by atoms with Crippen LogP contribution in [0.15, 0.2) is 16.6 Å². The van der Waals surface area contributed by atoms with Gasteiger partial charge in [-0.1, -0.05) is 15.9 Å². The predicted octanol–water partition coefficient (Wildman–Crippen LogP) is 2.62. The summed E-state index contributed by atoms with van der Waals surface area (Å²) in [5, 5.41) is 14.3. The maximum Gasteiger partial charge on any atom is 0.278 e. The Morgan fingerprint density at radius 3 is 2.82 bits per heavy atom. The Bertz CT molecular complexity index is 447. The molecule has 1 aliphatic carbocycles. The molecule has 0 bridgehead atoms. The van der Waals surface area contributed by atoms with Crippen LogP contribution in [0.2, 0.25) is 0 Å². The van der Waals surface area contributed by atoms with Gasteiger partial charge in [-0.25, -0.2) is 0 Å². The summed E-state index contributed by atoms with van der Waals surface area (Å²) in [6.07, 6.45) is 2.29. The monoisotopic (exact) mass is 300 g/mol. The van der Waals surface area contributed by atoms with E-state index in [1.807, 2.05) is 0 Å². The van der Waals surface area contributed by atoms with E-state index >= 15 is 0 Å². The lowest BCUT2D eigenvalue weighted by Crippen LogP contribution is -2.17. The summed E-state index contributed by atoms with van der Waals surface area (Å²) in [4.78, 5) is 10.6. The molecule has 0 aliphatic heterocycles. The van der Waals surface area contributed by atoms with E-state index in [0.717, 1.165) is 12.8 Å². The van der Waals surface area contributed by atoms with Gasteiger partial charge in [0.25, 0.3) is 5.69 Å². The summed E-state index contributed by atoms with van der Waals surface area (Å²) in [6.45, 7) is 0.470. The number of ether oxygens (including phenoxy) is 1. The molecule has 5 nitrogen and oxygen atoms in total. The molecule has 1 fully saturated rings. The maximum atomic E-state index is 11.0. The van der Waals surface area contributed by atoms with Gasteiger partial charge in [-0.15, -0.1) is 0 Å². The summed E-state index contributed by atoms with van der Waals surface area (Å²) in [7, 11) is 1.52. The van der Waals surface area contributed by atoms with E-state index in [1.165, 1.54) is 13.2 Å². The Balaban J connectivity index is 2.32. The van der Waals surface area contributed by atoms with Crippen LogP contribution in [0.3, 0.4) is 0 Å². The first-order valence-electron chi connectivity index (χ1n) is 5.36. The first-order valence-corrected chi connectivity index (χ1v) is 6.15. The number of hydrogen-bond acceptors (Lipinski definition) is 4. The third kappa shape index (κ3) is 2.95. The van der Waals surface area contributed by atoms with Crippen LogP contribution < -0.4 is 10.1 Å². The van der Waals surface area contributed by atoms with Gasteiger partial charge in [0.1, 0.15) is 5.75 Å². The van der Waals surface area contributed by atoms with Crippen molar-refractivity contribution in [3.63, 3.8) is 0 Å². The fraction of sp³-hybridized carbons (Fsp3) is 0.455. The van der Waals surface area contributed by atoms with Crippen molar-refractivity contribution in [1.82, 2.24) is 5.32 Å². The molecule has 92 valence electrons. The number of halogens is 1. The molecule has 2 rings (SSSR count). The minimum Gasteiger partial charge on any atom is -0.496 e. The Labute approximate surface area is 107 Å². The Kier molecular flexibility index (Phi) is 3.63. The van der Waals surface area contributed by atoms with Gasteiger partial charge < -0.3 is 10.1 Å². The minimum absolute atomic E-state index is 0.0874. The first-order chi connectivity index (χ1) is 8.11. The lowest BCUT2D eigenvalue weighted by molar-refractivity contribution is -0.385. The smallest absolute Gasteiger partial charge is 0.278 e. The van der Waals surface area contributed by atoms with Gasteiger partial charge in [0.05, 0.1) is 17.6 Å². The number of nitrogens with one attached hydrogen (secondary N) is 1. The summed E-state index contributed by atoms with van der Waals surface area (Å²) in [5.41, 5.74) is 0.692. The molecule has 0 heterocycles. The predicted molar refractivity (Wildman–Crippen MR) is 67.2 cm³/mol. The number of benzene rings is 1. The molecule has 0 unspecified atom stereocenters. The van der Waals surface area contributed by atoms with Gasteiger partial charge in [-0.3, -0.25) is 10.1 Å². The molecule has 0 saturated heterocycles. The molecule has 1 aliphatic rings. The quantitative estimate of drug-likeness (QED) is 0.670. The fourth-order valence-electron chi connectivity index (χ4n) is 1.65. The molecule has 0 atom stereocenters. The van der Waals surface area contributed by atoms with Gasteiger partial charge in [0.2, 0.25) is 0 Å². The van der Waals surface area contributed by atoms with Crippen LogP contribution in [0, 0.1) is 10.1 Å². The van der Waals surface area contributed by atoms with Crippen LogP contribution >= 0.6 is 15.9 Å². The molecular weight excluding hydrogens is 288 g/mol. The van der Waals surface area contributed by atoms with Gasteiger partial charge in [-0.2, -0.15) is 0 Å². The van der Waals surface area contributed by atoms with Crippen molar-refractivity contribution in [1.29, 1.82) is 0 Å². The molecule has 17 heavy (non-hydrogen) atoms. The third-order valence-electron chi connectivity index (χ3n) is 2.71. The van der Waals surface area contributed by atoms with Crippen LogP contribution in [0.25, 0.3) is 0 Å². The first kappa shape index (κ1) is 12.3. The zero-order chi connectivity index (χ0) is 12.4. The standard InChI is InChI=1S/C11H13BrN2O3/c1-17-11-5-7(12)4-10(14(15)16)9(11)6-13-8-2-3-8/h4-5,8,13H,2-3,6H2,1H3. The van der Waals surface area contributed by atoms with E-state index in [1.54, 1.807) is 6.07 Å². The zero-order valence-corrected chi connectivity index (χ0v) is 11.0. The highest BCUT2D eigenvalue weighted by Gasteiger charge is 2.24. The molecule has 6 heteroatoms. The number of nitro groups is 1. The largest absolute Gasteiger partial charge is 0.496 e. The lowest BCUT2D eigenvalue weighted by Gasteiger charge is -2.10. The second-order valence-corrected chi connectivity index (χ2v) is 4.93. The highest BCUT2D eigenvalue weighted by molar-refractivity contribution is 9.10. The topological polar surface area (TPSA) is 64.4 Å². The van der Waals surface area contributed by atoms with Crippen molar-refractivity contribution >= 4 is 21.6 Å². The molecule has 0 amide bonds. The SMILES string of the molecule is COc1cc(Br)cc([N+](=O)[O-])c1CNC1CC1. The average molecular weight is 301 g/mol.